The van der Waals surface area contributed by atoms with E-state index >= 15 is 0 Å². The fourth-order valence-corrected chi connectivity index (χ4v) is 2.15. The molecule has 0 heterocycles. The van der Waals surface area contributed by atoms with Gasteiger partial charge in [-0.25, -0.2) is 4.79 Å². The van der Waals surface area contributed by atoms with E-state index in [0.29, 0.717) is 11.5 Å². The SMILES string of the molecule is CN(C(=O)Oc1cccc(Oc2ccccc2)c1)c1ccccc1. The van der Waals surface area contributed by atoms with Crippen LogP contribution in [0.15, 0.2) is 84.9 Å². The van der Waals surface area contributed by atoms with Gasteiger partial charge in [0, 0.05) is 18.8 Å². The van der Waals surface area contributed by atoms with Gasteiger partial charge in [-0.05, 0) is 36.4 Å². The van der Waals surface area contributed by atoms with E-state index in [1.54, 1.807) is 25.2 Å². The third kappa shape index (κ3) is 3.93. The van der Waals surface area contributed by atoms with Crippen molar-refractivity contribution in [2.24, 2.45) is 0 Å². The molecule has 3 rings (SSSR count). The van der Waals surface area contributed by atoms with Gasteiger partial charge in [0.25, 0.3) is 0 Å². The summed E-state index contributed by atoms with van der Waals surface area (Å²) in [5.41, 5.74) is 0.763. The average Bonchev–Trinajstić information content (AvgIpc) is 2.63. The third-order valence-corrected chi connectivity index (χ3v) is 3.41. The Morgan fingerprint density at radius 3 is 2.04 bits per heavy atom. The summed E-state index contributed by atoms with van der Waals surface area (Å²) in [5, 5.41) is 0. The van der Waals surface area contributed by atoms with Gasteiger partial charge in [0.15, 0.2) is 0 Å². The van der Waals surface area contributed by atoms with E-state index in [1.807, 2.05) is 66.7 Å². The molecule has 3 aromatic carbocycles. The first kappa shape index (κ1) is 15.6. The lowest BCUT2D eigenvalue weighted by Gasteiger charge is -2.17. The van der Waals surface area contributed by atoms with Gasteiger partial charge in [-0.15, -0.1) is 0 Å². The summed E-state index contributed by atoms with van der Waals surface area (Å²) in [6.07, 6.45) is -0.460. The van der Waals surface area contributed by atoms with Crippen LogP contribution in [0.2, 0.25) is 0 Å². The number of carbonyl (C=O) groups excluding carboxylic acids is 1. The van der Waals surface area contributed by atoms with Crippen molar-refractivity contribution in [1.82, 2.24) is 0 Å². The zero-order valence-electron chi connectivity index (χ0n) is 13.3. The molecule has 24 heavy (non-hydrogen) atoms. The summed E-state index contributed by atoms with van der Waals surface area (Å²) in [6.45, 7) is 0. The average molecular weight is 319 g/mol. The molecular formula is C20H17NO3. The third-order valence-electron chi connectivity index (χ3n) is 3.41. The second-order valence-corrected chi connectivity index (χ2v) is 5.15. The normalized spacial score (nSPS) is 10.0. The molecule has 3 aromatic rings. The smallest absolute Gasteiger partial charge is 0.419 e. The monoisotopic (exact) mass is 319 g/mol. The maximum atomic E-state index is 12.2. The van der Waals surface area contributed by atoms with Crippen molar-refractivity contribution in [3.63, 3.8) is 0 Å². The van der Waals surface area contributed by atoms with Crippen LogP contribution in [-0.4, -0.2) is 13.1 Å². The molecule has 0 radical (unpaired) electrons. The minimum atomic E-state index is -0.460. The van der Waals surface area contributed by atoms with Crippen molar-refractivity contribution in [3.8, 4) is 17.2 Å². The van der Waals surface area contributed by atoms with Crippen LogP contribution in [0.5, 0.6) is 17.2 Å². The number of ether oxygens (including phenoxy) is 2. The van der Waals surface area contributed by atoms with Gasteiger partial charge in [-0.3, -0.25) is 4.90 Å². The molecule has 0 aromatic heterocycles. The Kier molecular flexibility index (Phi) is 4.77. The molecule has 0 atom stereocenters. The fourth-order valence-electron chi connectivity index (χ4n) is 2.15. The summed E-state index contributed by atoms with van der Waals surface area (Å²) >= 11 is 0. The van der Waals surface area contributed by atoms with Crippen LogP contribution in [0.4, 0.5) is 10.5 Å². The Morgan fingerprint density at radius 1 is 0.750 bits per heavy atom. The summed E-state index contributed by atoms with van der Waals surface area (Å²) in [6, 6.07) is 25.8. The number of nitrogens with zero attached hydrogens (tertiary/aromatic N) is 1. The van der Waals surface area contributed by atoms with Gasteiger partial charge in [0.05, 0.1) is 0 Å². The Labute approximate surface area is 140 Å². The molecule has 0 saturated carbocycles. The van der Waals surface area contributed by atoms with Crippen LogP contribution in [0.1, 0.15) is 0 Å². The van der Waals surface area contributed by atoms with Crippen LogP contribution in [-0.2, 0) is 0 Å². The lowest BCUT2D eigenvalue weighted by molar-refractivity contribution is 0.209. The molecular weight excluding hydrogens is 302 g/mol. The van der Waals surface area contributed by atoms with E-state index in [2.05, 4.69) is 0 Å². The van der Waals surface area contributed by atoms with E-state index in [0.717, 1.165) is 11.4 Å². The van der Waals surface area contributed by atoms with Crippen molar-refractivity contribution in [1.29, 1.82) is 0 Å². The minimum Gasteiger partial charge on any atom is -0.457 e. The van der Waals surface area contributed by atoms with E-state index in [-0.39, 0.29) is 0 Å². The van der Waals surface area contributed by atoms with Crippen molar-refractivity contribution < 1.29 is 14.3 Å². The van der Waals surface area contributed by atoms with E-state index in [9.17, 15) is 4.79 Å². The number of anilines is 1. The van der Waals surface area contributed by atoms with Gasteiger partial charge in [0.1, 0.15) is 17.2 Å². The number of carbonyl (C=O) groups is 1. The highest BCUT2D eigenvalue weighted by atomic mass is 16.6. The molecule has 0 unspecified atom stereocenters. The lowest BCUT2D eigenvalue weighted by atomic mass is 10.3. The summed E-state index contributed by atoms with van der Waals surface area (Å²) < 4.78 is 11.2. The second kappa shape index (κ2) is 7.33. The maximum Gasteiger partial charge on any atom is 0.419 e. The van der Waals surface area contributed by atoms with Gasteiger partial charge < -0.3 is 9.47 Å². The molecule has 0 aliphatic carbocycles. The zero-order valence-corrected chi connectivity index (χ0v) is 13.3. The molecule has 0 N–H and O–H groups in total. The molecule has 0 aliphatic rings. The van der Waals surface area contributed by atoms with Crippen molar-refractivity contribution in [3.05, 3.63) is 84.9 Å². The highest BCUT2D eigenvalue weighted by molar-refractivity contribution is 5.88. The van der Waals surface area contributed by atoms with Crippen LogP contribution in [0.3, 0.4) is 0 Å². The van der Waals surface area contributed by atoms with Crippen molar-refractivity contribution >= 4 is 11.8 Å². The zero-order chi connectivity index (χ0) is 16.8. The largest absolute Gasteiger partial charge is 0.457 e. The minimum absolute atomic E-state index is 0.427. The Morgan fingerprint density at radius 2 is 1.33 bits per heavy atom. The summed E-state index contributed by atoms with van der Waals surface area (Å²) in [4.78, 5) is 13.7. The highest BCUT2D eigenvalue weighted by Crippen LogP contribution is 2.25. The fraction of sp³-hybridized carbons (Fsp3) is 0.0500. The Hall–Kier alpha value is -3.27. The first-order chi connectivity index (χ1) is 11.7. The van der Waals surface area contributed by atoms with Gasteiger partial charge >= 0.3 is 6.09 Å². The number of para-hydroxylation sites is 2. The molecule has 0 spiro atoms. The highest BCUT2D eigenvalue weighted by Gasteiger charge is 2.13. The second-order valence-electron chi connectivity index (χ2n) is 5.15. The summed E-state index contributed by atoms with van der Waals surface area (Å²) in [5.74, 6) is 1.76. The van der Waals surface area contributed by atoms with Crippen LogP contribution in [0.25, 0.3) is 0 Å². The van der Waals surface area contributed by atoms with Crippen molar-refractivity contribution in [2.45, 2.75) is 0 Å². The molecule has 1 amide bonds. The molecule has 0 saturated heterocycles. The van der Waals surface area contributed by atoms with Gasteiger partial charge in [-0.2, -0.15) is 0 Å². The lowest BCUT2D eigenvalue weighted by Crippen LogP contribution is -2.29. The number of hydrogen-bond acceptors (Lipinski definition) is 3. The number of benzene rings is 3. The molecule has 0 bridgehead atoms. The quantitative estimate of drug-likeness (QED) is 0.670. The Balaban J connectivity index is 1.69. The van der Waals surface area contributed by atoms with Crippen LogP contribution in [0, 0.1) is 0 Å². The molecule has 120 valence electrons. The predicted molar refractivity (Wildman–Crippen MR) is 93.8 cm³/mol. The van der Waals surface area contributed by atoms with E-state index < -0.39 is 6.09 Å². The summed E-state index contributed by atoms with van der Waals surface area (Å²) in [7, 11) is 1.67. The molecule has 0 aliphatic heterocycles. The Bertz CT molecular complexity index is 803. The van der Waals surface area contributed by atoms with E-state index in [1.165, 1.54) is 4.90 Å². The maximum absolute atomic E-state index is 12.2. The first-order valence-corrected chi connectivity index (χ1v) is 7.56. The van der Waals surface area contributed by atoms with Crippen LogP contribution < -0.4 is 14.4 Å². The topological polar surface area (TPSA) is 38.8 Å². The van der Waals surface area contributed by atoms with Gasteiger partial charge in [-0.1, -0.05) is 42.5 Å². The standard InChI is InChI=1S/C20H17NO3/c1-21(16-9-4-2-5-10-16)20(22)24-19-14-8-13-18(15-19)23-17-11-6-3-7-12-17/h2-15H,1H3. The molecule has 4 heteroatoms. The number of hydrogen-bond donors (Lipinski definition) is 0. The predicted octanol–water partition coefficient (Wildman–Crippen LogP) is 5.11. The molecule has 4 nitrogen and oxygen atoms in total. The van der Waals surface area contributed by atoms with E-state index in [4.69, 9.17) is 9.47 Å². The first-order valence-electron chi connectivity index (χ1n) is 7.56. The van der Waals surface area contributed by atoms with Crippen LogP contribution >= 0.6 is 0 Å². The number of amides is 1. The van der Waals surface area contributed by atoms with Crippen molar-refractivity contribution in [2.75, 3.05) is 11.9 Å². The number of rotatable bonds is 4. The molecule has 0 fully saturated rings. The van der Waals surface area contributed by atoms with Gasteiger partial charge in [0.2, 0.25) is 0 Å².